The fourth-order valence-corrected chi connectivity index (χ4v) is 5.47. The lowest BCUT2D eigenvalue weighted by molar-refractivity contribution is -0.962. The number of carbonyl (C=O) groups is 1. The molecule has 0 saturated carbocycles. The molecule has 2 fully saturated rings. The average molecular weight is 434 g/mol. The minimum absolute atomic E-state index is 0.181. The Labute approximate surface area is 188 Å². The second-order valence-corrected chi connectivity index (χ2v) is 9.42. The molecule has 0 spiro atoms. The van der Waals surface area contributed by atoms with Crippen molar-refractivity contribution in [2.75, 3.05) is 60.5 Å². The van der Waals surface area contributed by atoms with Crippen LogP contribution in [0.2, 0.25) is 0 Å². The molecule has 0 radical (unpaired) electrons. The Morgan fingerprint density at radius 3 is 2.52 bits per heavy atom. The van der Waals surface area contributed by atoms with Gasteiger partial charge in [0, 0.05) is 26.4 Å². The van der Waals surface area contributed by atoms with E-state index in [-0.39, 0.29) is 5.92 Å². The number of carbonyl (C=O) groups excluding carboxylic acids is 1. The van der Waals surface area contributed by atoms with E-state index in [0.717, 1.165) is 49.0 Å². The van der Waals surface area contributed by atoms with Crippen molar-refractivity contribution < 1.29 is 24.1 Å². The summed E-state index contributed by atoms with van der Waals surface area (Å²) in [5.74, 6) is 1.99. The maximum absolute atomic E-state index is 13.2. The molecule has 2 aliphatic heterocycles. The van der Waals surface area contributed by atoms with Crippen LogP contribution in [0.15, 0.2) is 18.2 Å². The lowest BCUT2D eigenvalue weighted by Crippen LogP contribution is -3.21. The molecule has 3 rings (SSSR count). The molecule has 2 aliphatic rings. The third kappa shape index (κ3) is 6.36. The Morgan fingerprint density at radius 1 is 1.10 bits per heavy atom. The maximum atomic E-state index is 13.2. The Hall–Kier alpha value is -1.79. The van der Waals surface area contributed by atoms with Crippen LogP contribution in [0.1, 0.15) is 44.6 Å². The first-order valence-electron chi connectivity index (χ1n) is 12.2. The second-order valence-electron chi connectivity index (χ2n) is 9.42. The van der Waals surface area contributed by atoms with Gasteiger partial charge in [0.15, 0.2) is 11.5 Å². The molecule has 0 aliphatic carbocycles. The van der Waals surface area contributed by atoms with Gasteiger partial charge >= 0.3 is 0 Å². The zero-order valence-corrected chi connectivity index (χ0v) is 20.0. The molecule has 6 nitrogen and oxygen atoms in total. The number of likely N-dealkylation sites (tertiary alicyclic amines) is 2. The molecule has 0 aromatic heterocycles. The van der Waals surface area contributed by atoms with Gasteiger partial charge in [0.05, 0.1) is 58.9 Å². The van der Waals surface area contributed by atoms with Crippen molar-refractivity contribution in [1.82, 2.24) is 4.90 Å². The normalized spacial score (nSPS) is 26.3. The number of piperidine rings is 2. The maximum Gasteiger partial charge on any atom is 0.231 e. The minimum atomic E-state index is 0.181. The van der Waals surface area contributed by atoms with E-state index in [1.807, 2.05) is 24.1 Å². The lowest BCUT2D eigenvalue weighted by Gasteiger charge is -2.38. The molecule has 0 bridgehead atoms. The van der Waals surface area contributed by atoms with E-state index in [9.17, 15) is 4.79 Å². The van der Waals surface area contributed by atoms with Gasteiger partial charge in [-0.3, -0.25) is 4.79 Å². The van der Waals surface area contributed by atoms with Crippen molar-refractivity contribution in [2.24, 2.45) is 5.92 Å². The van der Waals surface area contributed by atoms with Crippen molar-refractivity contribution in [2.45, 2.75) is 51.5 Å². The monoisotopic (exact) mass is 433 g/mol. The van der Waals surface area contributed by atoms with Gasteiger partial charge in [0.2, 0.25) is 5.91 Å². The fraction of sp³-hybridized carbons (Fsp3) is 0.720. The highest BCUT2D eigenvalue weighted by Gasteiger charge is 2.36. The van der Waals surface area contributed by atoms with E-state index >= 15 is 0 Å². The molecule has 31 heavy (non-hydrogen) atoms. The number of nitrogens with zero attached hydrogens (tertiary/aromatic N) is 1. The Bertz CT molecular complexity index is 703. The number of nitrogens with one attached hydrogen (secondary N) is 2. The van der Waals surface area contributed by atoms with Crippen molar-refractivity contribution in [1.29, 1.82) is 0 Å². The number of benzene rings is 1. The van der Waals surface area contributed by atoms with Gasteiger partial charge in [-0.1, -0.05) is 13.0 Å². The smallest absolute Gasteiger partial charge is 0.231 e. The summed E-state index contributed by atoms with van der Waals surface area (Å²) >= 11 is 0. The fourth-order valence-electron chi connectivity index (χ4n) is 5.47. The molecule has 6 heteroatoms. The standard InChI is InChI=1S/C25H41N3O3/c1-5-13-27-16-11-22(12-17-27)28-14-6-7-21(19-28)25(29)26(2)15-10-20-8-9-23(30-3)24(18-20)31-4/h8-9,18,21-22H,5-7,10-17,19H2,1-4H3/p+2/t21-/m0/s1. The molecule has 2 saturated heterocycles. The molecule has 1 aromatic rings. The number of likely N-dealkylation sites (N-methyl/N-ethyl adjacent to an activating group) is 1. The van der Waals surface area contributed by atoms with Crippen LogP contribution in [-0.4, -0.2) is 77.4 Å². The largest absolute Gasteiger partial charge is 0.493 e. The number of hydrogen-bond donors (Lipinski definition) is 2. The summed E-state index contributed by atoms with van der Waals surface area (Å²) < 4.78 is 10.7. The molecule has 1 aromatic carbocycles. The van der Waals surface area contributed by atoms with Crippen LogP contribution in [0.3, 0.4) is 0 Å². The van der Waals surface area contributed by atoms with Gasteiger partial charge in [-0.2, -0.15) is 0 Å². The van der Waals surface area contributed by atoms with Crippen LogP contribution in [0.4, 0.5) is 0 Å². The summed E-state index contributed by atoms with van der Waals surface area (Å²) in [6.45, 7) is 9.22. The zero-order chi connectivity index (χ0) is 22.2. The number of ether oxygens (including phenoxy) is 2. The summed E-state index contributed by atoms with van der Waals surface area (Å²) in [5.41, 5.74) is 1.16. The molecule has 1 amide bonds. The van der Waals surface area contributed by atoms with Crippen molar-refractivity contribution >= 4 is 5.91 Å². The zero-order valence-electron chi connectivity index (χ0n) is 20.0. The van der Waals surface area contributed by atoms with Crippen LogP contribution in [0, 0.1) is 5.92 Å². The number of hydrogen-bond acceptors (Lipinski definition) is 3. The first-order chi connectivity index (χ1) is 15.0. The van der Waals surface area contributed by atoms with E-state index in [1.165, 1.54) is 51.9 Å². The van der Waals surface area contributed by atoms with Gasteiger partial charge in [0.25, 0.3) is 0 Å². The molecular formula is C25H43N3O3+2. The number of rotatable bonds is 9. The highest BCUT2D eigenvalue weighted by molar-refractivity contribution is 5.78. The lowest BCUT2D eigenvalue weighted by atomic mass is 9.92. The summed E-state index contributed by atoms with van der Waals surface area (Å²) in [4.78, 5) is 18.6. The van der Waals surface area contributed by atoms with Gasteiger partial charge in [-0.25, -0.2) is 0 Å². The number of quaternary nitrogens is 2. The minimum Gasteiger partial charge on any atom is -0.493 e. The molecular weight excluding hydrogens is 390 g/mol. The van der Waals surface area contributed by atoms with Gasteiger partial charge in [-0.05, 0) is 43.4 Å². The SMILES string of the molecule is CCC[NH+]1CCC([NH+]2CCC[C@H](C(=O)N(C)CCc3ccc(OC)c(OC)c3)C2)CC1. The predicted molar refractivity (Wildman–Crippen MR) is 123 cm³/mol. The third-order valence-corrected chi connectivity index (χ3v) is 7.34. The Morgan fingerprint density at radius 2 is 1.84 bits per heavy atom. The van der Waals surface area contributed by atoms with Crippen molar-refractivity contribution in [3.8, 4) is 11.5 Å². The van der Waals surface area contributed by atoms with Gasteiger partial charge in [-0.15, -0.1) is 0 Å². The Kier molecular flexibility index (Phi) is 9.02. The summed E-state index contributed by atoms with van der Waals surface area (Å²) in [6.07, 6.45) is 6.97. The van der Waals surface area contributed by atoms with E-state index in [4.69, 9.17) is 9.47 Å². The van der Waals surface area contributed by atoms with Crippen molar-refractivity contribution in [3.05, 3.63) is 23.8 Å². The highest BCUT2D eigenvalue weighted by atomic mass is 16.5. The molecule has 2 N–H and O–H groups in total. The first kappa shape index (κ1) is 23.9. The molecule has 2 heterocycles. The molecule has 1 unspecified atom stereocenters. The van der Waals surface area contributed by atoms with E-state index < -0.39 is 0 Å². The summed E-state index contributed by atoms with van der Waals surface area (Å²) in [6, 6.07) is 6.76. The topological polar surface area (TPSA) is 47.7 Å². The van der Waals surface area contributed by atoms with Gasteiger partial charge < -0.3 is 24.2 Å². The summed E-state index contributed by atoms with van der Waals surface area (Å²) in [5, 5.41) is 0. The van der Waals surface area contributed by atoms with Crippen LogP contribution in [0.5, 0.6) is 11.5 Å². The number of methoxy groups -OCH3 is 2. The quantitative estimate of drug-likeness (QED) is 0.595. The Balaban J connectivity index is 1.49. The van der Waals surface area contributed by atoms with Gasteiger partial charge in [0.1, 0.15) is 0 Å². The first-order valence-corrected chi connectivity index (χ1v) is 12.2. The highest BCUT2D eigenvalue weighted by Crippen LogP contribution is 2.27. The molecule has 174 valence electrons. The van der Waals surface area contributed by atoms with Crippen LogP contribution in [-0.2, 0) is 11.2 Å². The third-order valence-electron chi connectivity index (χ3n) is 7.34. The van der Waals surface area contributed by atoms with E-state index in [0.29, 0.717) is 5.91 Å². The summed E-state index contributed by atoms with van der Waals surface area (Å²) in [7, 11) is 5.27. The second kappa shape index (κ2) is 11.7. The molecule has 2 atom stereocenters. The average Bonchev–Trinajstić information content (AvgIpc) is 2.82. The van der Waals surface area contributed by atoms with Crippen LogP contribution in [0.25, 0.3) is 0 Å². The predicted octanol–water partition coefficient (Wildman–Crippen LogP) is 0.457. The van der Waals surface area contributed by atoms with Crippen LogP contribution >= 0.6 is 0 Å². The van der Waals surface area contributed by atoms with Crippen molar-refractivity contribution in [3.63, 3.8) is 0 Å². The van der Waals surface area contributed by atoms with Crippen LogP contribution < -0.4 is 19.3 Å². The van der Waals surface area contributed by atoms with E-state index in [1.54, 1.807) is 24.0 Å². The van der Waals surface area contributed by atoms with E-state index in [2.05, 4.69) is 13.0 Å². The number of amides is 1.